The van der Waals surface area contributed by atoms with Crippen LogP contribution in [0.3, 0.4) is 0 Å². The molecule has 7 heteroatoms. The maximum absolute atomic E-state index is 16.0. The molecule has 304 valence electrons. The van der Waals surface area contributed by atoms with Gasteiger partial charge in [-0.05, 0) is 0 Å². The molecule has 57 heavy (non-hydrogen) atoms. The van der Waals surface area contributed by atoms with E-state index in [0.717, 1.165) is 83.4 Å². The third kappa shape index (κ3) is 6.98. The van der Waals surface area contributed by atoms with Gasteiger partial charge in [-0.25, -0.2) is 0 Å². The molecule has 5 aromatic carbocycles. The van der Waals surface area contributed by atoms with Crippen molar-refractivity contribution in [1.29, 1.82) is 0 Å². The standard InChI is InChI=1S/C50H64BF2O3P/c1-29-19-32(4)44(33(5)20-29)54-51(55-45-34(6)21-30(2)22-35(45)7)56-46-36(8)25-39(11)48(40(46)12)57(49(13,14)15,50(16,17)18,43-27-41(52)26-42(53)28-43)47-37(9)23-31(3)24-38(47)10/h19-28H,1-18H3. The molecule has 0 heterocycles. The zero-order valence-electron chi connectivity index (χ0n) is 37.8. The summed E-state index contributed by atoms with van der Waals surface area (Å²) in [5.74, 6) is 0.820. The van der Waals surface area contributed by atoms with E-state index in [2.05, 4.69) is 132 Å². The number of hydrogen-bond acceptors (Lipinski definition) is 3. The Bertz CT molecular complexity index is 2220. The number of hydrogen-bond donors (Lipinski definition) is 0. The Morgan fingerprint density at radius 2 is 0.719 bits per heavy atom. The molecule has 0 N–H and O–H groups in total. The van der Waals surface area contributed by atoms with Gasteiger partial charge in [0.2, 0.25) is 0 Å². The van der Waals surface area contributed by atoms with Crippen LogP contribution in [0.15, 0.2) is 60.7 Å². The van der Waals surface area contributed by atoms with E-state index < -0.39 is 35.9 Å². The summed E-state index contributed by atoms with van der Waals surface area (Å²) >= 11 is 0. The first-order valence-electron chi connectivity index (χ1n) is 20.1. The van der Waals surface area contributed by atoms with Crippen molar-refractivity contribution >= 4 is 29.8 Å². The van der Waals surface area contributed by atoms with E-state index >= 15 is 8.78 Å². The maximum atomic E-state index is 16.0. The molecule has 0 saturated heterocycles. The summed E-state index contributed by atoms with van der Waals surface area (Å²) in [4.78, 5) is 0. The van der Waals surface area contributed by atoms with Crippen LogP contribution < -0.4 is 29.9 Å². The summed E-state index contributed by atoms with van der Waals surface area (Å²) in [5, 5.41) is 1.74. The van der Waals surface area contributed by atoms with Crippen LogP contribution in [-0.2, 0) is 0 Å². The third-order valence-electron chi connectivity index (χ3n) is 12.3. The molecule has 0 spiro atoms. The van der Waals surface area contributed by atoms with Gasteiger partial charge in [0.25, 0.3) is 0 Å². The van der Waals surface area contributed by atoms with Crippen LogP contribution in [0.4, 0.5) is 8.78 Å². The molecule has 0 amide bonds. The van der Waals surface area contributed by atoms with E-state index in [1.54, 1.807) is 12.1 Å². The topological polar surface area (TPSA) is 27.7 Å². The fourth-order valence-corrected chi connectivity index (χ4v) is 22.1. The summed E-state index contributed by atoms with van der Waals surface area (Å²) < 4.78 is 52.9. The van der Waals surface area contributed by atoms with Crippen molar-refractivity contribution in [2.75, 3.05) is 0 Å². The van der Waals surface area contributed by atoms with E-state index in [-0.39, 0.29) is 0 Å². The second-order valence-electron chi connectivity index (χ2n) is 18.7. The fourth-order valence-electron chi connectivity index (χ4n) is 11.3. The van der Waals surface area contributed by atoms with Crippen LogP contribution in [0, 0.1) is 94.7 Å². The van der Waals surface area contributed by atoms with Crippen LogP contribution in [-0.4, -0.2) is 17.6 Å². The van der Waals surface area contributed by atoms with Crippen molar-refractivity contribution < 1.29 is 22.7 Å². The normalized spacial score (nSPS) is 12.9. The zero-order valence-corrected chi connectivity index (χ0v) is 38.7. The first kappa shape index (κ1) is 44.0. The van der Waals surface area contributed by atoms with Crippen LogP contribution in [0.2, 0.25) is 0 Å². The Morgan fingerprint density at radius 1 is 0.404 bits per heavy atom. The van der Waals surface area contributed by atoms with Crippen molar-refractivity contribution in [3.05, 3.63) is 139 Å². The first-order chi connectivity index (χ1) is 26.3. The quantitative estimate of drug-likeness (QED) is 0.110. The Labute approximate surface area is 342 Å². The summed E-state index contributed by atoms with van der Waals surface area (Å²) in [6, 6.07) is 19.2. The minimum absolute atomic E-state index is 0.574. The average molecular weight is 793 g/mol. The number of halogens is 2. The summed E-state index contributed by atoms with van der Waals surface area (Å²) in [5.41, 5.74) is 12.4. The molecule has 0 aliphatic heterocycles. The van der Waals surface area contributed by atoms with E-state index in [1.165, 1.54) is 0 Å². The van der Waals surface area contributed by atoms with Crippen LogP contribution in [0.1, 0.15) is 108 Å². The average Bonchev–Trinajstić information content (AvgIpc) is 3.02. The van der Waals surface area contributed by atoms with Gasteiger partial charge >= 0.3 is 344 Å². The molecule has 5 rings (SSSR count). The SMILES string of the molecule is Cc1cc(C)c(OB(Oc2c(C)cc(C)cc2C)Oc2c(C)cc(C)c(P(c3cc(F)cc(F)c3)(c3c(C)cc(C)cc3C)(C(C)(C)C)C(C)(C)C)c2C)c(C)c1. The van der Waals surface area contributed by atoms with Gasteiger partial charge in [0.1, 0.15) is 0 Å². The second-order valence-corrected chi connectivity index (χ2v) is 25.1. The molecule has 0 aliphatic rings. The van der Waals surface area contributed by atoms with Gasteiger partial charge in [0.15, 0.2) is 0 Å². The molecule has 0 fully saturated rings. The predicted octanol–water partition coefficient (Wildman–Crippen LogP) is 12.6. The van der Waals surface area contributed by atoms with E-state index in [1.807, 2.05) is 34.6 Å². The van der Waals surface area contributed by atoms with Crippen LogP contribution >= 0.6 is 6.60 Å². The molecule has 0 aliphatic carbocycles. The van der Waals surface area contributed by atoms with Gasteiger partial charge in [0, 0.05) is 0 Å². The van der Waals surface area contributed by atoms with Crippen molar-refractivity contribution in [1.82, 2.24) is 0 Å². The van der Waals surface area contributed by atoms with E-state index in [9.17, 15) is 0 Å². The zero-order chi connectivity index (χ0) is 42.8. The van der Waals surface area contributed by atoms with Gasteiger partial charge in [0.05, 0.1) is 0 Å². The van der Waals surface area contributed by atoms with Crippen LogP contribution in [0.5, 0.6) is 17.2 Å². The third-order valence-corrected chi connectivity index (χ3v) is 22.1. The Hall–Kier alpha value is -4.15. The monoisotopic (exact) mass is 792 g/mol. The van der Waals surface area contributed by atoms with Crippen molar-refractivity contribution in [2.24, 2.45) is 0 Å². The van der Waals surface area contributed by atoms with Gasteiger partial charge in [-0.1, -0.05) is 0 Å². The van der Waals surface area contributed by atoms with Crippen LogP contribution in [0.25, 0.3) is 0 Å². The second kappa shape index (κ2) is 15.2. The molecule has 3 nitrogen and oxygen atoms in total. The number of rotatable bonds is 9. The molecule has 0 atom stereocenters. The summed E-state index contributed by atoms with van der Waals surface area (Å²) in [6.45, 7) is 34.5. The number of aryl methyl sites for hydroxylation is 11. The predicted molar refractivity (Wildman–Crippen MR) is 242 cm³/mol. The molecular formula is C50H64BF2O3P. The molecule has 0 saturated carbocycles. The van der Waals surface area contributed by atoms with E-state index in [0.29, 0.717) is 22.6 Å². The molecule has 0 bridgehead atoms. The fraction of sp³-hybridized carbons (Fsp3) is 0.400. The molecule has 0 radical (unpaired) electrons. The van der Waals surface area contributed by atoms with Gasteiger partial charge < -0.3 is 0 Å². The van der Waals surface area contributed by atoms with Gasteiger partial charge in [-0.3, -0.25) is 0 Å². The van der Waals surface area contributed by atoms with Crippen molar-refractivity contribution in [3.63, 3.8) is 0 Å². The molecule has 0 aromatic heterocycles. The minimum atomic E-state index is -4.15. The molecular weight excluding hydrogens is 728 g/mol. The van der Waals surface area contributed by atoms with Crippen molar-refractivity contribution in [3.8, 4) is 17.2 Å². The van der Waals surface area contributed by atoms with Gasteiger partial charge in [-0.15, -0.1) is 0 Å². The summed E-state index contributed by atoms with van der Waals surface area (Å²) in [6.07, 6.45) is 0. The van der Waals surface area contributed by atoms with Gasteiger partial charge in [-0.2, -0.15) is 0 Å². The van der Waals surface area contributed by atoms with Crippen molar-refractivity contribution in [2.45, 2.75) is 135 Å². The number of benzene rings is 5. The van der Waals surface area contributed by atoms with E-state index in [4.69, 9.17) is 14.0 Å². The Kier molecular flexibility index (Phi) is 11.7. The molecule has 5 aromatic rings. The Morgan fingerprint density at radius 3 is 1.09 bits per heavy atom. The molecule has 0 unspecified atom stereocenters. The summed E-state index contributed by atoms with van der Waals surface area (Å²) in [7, 11) is -1.18. The first-order valence-corrected chi connectivity index (χ1v) is 22.3. The Balaban J connectivity index is 1.98.